The molecule has 0 heterocycles. The van der Waals surface area contributed by atoms with Crippen molar-refractivity contribution >= 4 is 47.0 Å². The summed E-state index contributed by atoms with van der Waals surface area (Å²) < 4.78 is 4.75. The number of hydrogen-bond acceptors (Lipinski definition) is 5. The summed E-state index contributed by atoms with van der Waals surface area (Å²) in [4.78, 5) is 43.5. The first-order valence-corrected chi connectivity index (χ1v) is 9.24. The van der Waals surface area contributed by atoms with Gasteiger partial charge in [0.05, 0.1) is 6.61 Å². The van der Waals surface area contributed by atoms with Crippen LogP contribution in [0.3, 0.4) is 0 Å². The number of rotatable bonds is 10. The molecule has 26 heavy (non-hydrogen) atoms. The van der Waals surface area contributed by atoms with Crippen LogP contribution in [0.5, 0.6) is 0 Å². The largest absolute Gasteiger partial charge is 0.480 e. The highest BCUT2D eigenvalue weighted by molar-refractivity contribution is 6.18. The Balaban J connectivity index is 0. The van der Waals surface area contributed by atoms with Crippen molar-refractivity contribution in [1.29, 1.82) is 0 Å². The highest BCUT2D eigenvalue weighted by Gasteiger charge is 2.36. The van der Waals surface area contributed by atoms with Gasteiger partial charge in [-0.3, -0.25) is 9.59 Å². The zero-order chi connectivity index (χ0) is 20.8. The van der Waals surface area contributed by atoms with Crippen LogP contribution in [-0.4, -0.2) is 58.8 Å². The predicted molar refractivity (Wildman–Crippen MR) is 99.4 cm³/mol. The molecule has 0 saturated heterocycles. The van der Waals surface area contributed by atoms with Gasteiger partial charge < -0.3 is 20.5 Å². The first-order chi connectivity index (χ1) is 12.1. The van der Waals surface area contributed by atoms with E-state index in [9.17, 15) is 19.2 Å². The molecule has 0 spiro atoms. The highest BCUT2D eigenvalue weighted by atomic mass is 35.5. The molecule has 8 nitrogen and oxygen atoms in total. The third-order valence-electron chi connectivity index (χ3n) is 3.30. The van der Waals surface area contributed by atoms with Gasteiger partial charge in [-0.15, -0.1) is 23.2 Å². The molecule has 2 unspecified atom stereocenters. The maximum atomic E-state index is 11.2. The van der Waals surface area contributed by atoms with E-state index in [4.69, 9.17) is 33.0 Å². The van der Waals surface area contributed by atoms with Crippen LogP contribution < -0.4 is 10.6 Å². The molecule has 0 aliphatic rings. The molecule has 0 bridgehead atoms. The Kier molecular flexibility index (Phi) is 15.0. The van der Waals surface area contributed by atoms with Crippen LogP contribution >= 0.6 is 23.2 Å². The molecule has 2 atom stereocenters. The summed E-state index contributed by atoms with van der Waals surface area (Å²) in [5.74, 6) is -1.56. The predicted octanol–water partition coefficient (Wildman–Crippen LogP) is 1.67. The number of carbonyl (C=O) groups is 4. The molecule has 152 valence electrons. The van der Waals surface area contributed by atoms with E-state index in [2.05, 4.69) is 10.6 Å². The van der Waals surface area contributed by atoms with Crippen LogP contribution in [0.4, 0.5) is 0 Å². The van der Waals surface area contributed by atoms with Crippen molar-refractivity contribution in [2.75, 3.05) is 18.4 Å². The zero-order valence-electron chi connectivity index (χ0n) is 15.6. The summed E-state index contributed by atoms with van der Waals surface area (Å²) in [6.45, 7) is 6.36. The minimum absolute atomic E-state index is 0.209. The van der Waals surface area contributed by atoms with E-state index >= 15 is 0 Å². The molecule has 0 aliphatic carbocycles. The van der Waals surface area contributed by atoms with E-state index < -0.39 is 23.5 Å². The standard InChI is InChI=1S/2C8H14ClNO3/c1-3-8(4-5-9,7(12)13)10-6(2)11;1-3-13-8(12)7(4-5-9)10-6(2)11/h3-5H2,1-2H3,(H,10,11)(H,12,13);7H,3-5H2,1-2H3,(H,10,11). The maximum Gasteiger partial charge on any atom is 0.329 e. The fraction of sp³-hybridized carbons (Fsp3) is 0.750. The van der Waals surface area contributed by atoms with Crippen molar-refractivity contribution in [3.8, 4) is 0 Å². The summed E-state index contributed by atoms with van der Waals surface area (Å²) in [6, 6.07) is -0.616. The molecule has 0 aromatic heterocycles. The topological polar surface area (TPSA) is 122 Å². The quantitative estimate of drug-likeness (QED) is 0.369. The summed E-state index contributed by atoms with van der Waals surface area (Å²) in [5, 5.41) is 13.8. The molecular formula is C16H28Cl2N2O6. The second kappa shape index (κ2) is 14.6. The molecular weight excluding hydrogens is 387 g/mol. The zero-order valence-corrected chi connectivity index (χ0v) is 17.1. The first kappa shape index (κ1) is 26.7. The molecule has 0 saturated carbocycles. The van der Waals surface area contributed by atoms with Crippen LogP contribution in [0.1, 0.15) is 47.0 Å². The van der Waals surface area contributed by atoms with E-state index in [0.29, 0.717) is 25.3 Å². The normalized spacial score (nSPS) is 13.3. The van der Waals surface area contributed by atoms with Crippen LogP contribution in [0.2, 0.25) is 0 Å². The van der Waals surface area contributed by atoms with Crippen LogP contribution in [0.15, 0.2) is 0 Å². The van der Waals surface area contributed by atoms with E-state index in [1.54, 1.807) is 13.8 Å². The number of ether oxygens (including phenoxy) is 1. The number of alkyl halides is 2. The van der Waals surface area contributed by atoms with Gasteiger partial charge in [0, 0.05) is 25.6 Å². The molecule has 0 aromatic rings. The summed E-state index contributed by atoms with van der Waals surface area (Å²) >= 11 is 10.9. The van der Waals surface area contributed by atoms with Crippen molar-refractivity contribution in [1.82, 2.24) is 10.6 Å². The number of carbonyl (C=O) groups excluding carboxylic acids is 3. The minimum atomic E-state index is -1.20. The summed E-state index contributed by atoms with van der Waals surface area (Å²) in [6.07, 6.45) is 0.953. The van der Waals surface area contributed by atoms with Gasteiger partial charge in [0.15, 0.2) is 0 Å². The number of carboxylic acids is 1. The lowest BCUT2D eigenvalue weighted by atomic mass is 9.93. The molecule has 3 N–H and O–H groups in total. The lowest BCUT2D eigenvalue weighted by Gasteiger charge is -2.27. The highest BCUT2D eigenvalue weighted by Crippen LogP contribution is 2.16. The third-order valence-corrected chi connectivity index (χ3v) is 3.70. The Morgan fingerprint density at radius 2 is 1.65 bits per heavy atom. The molecule has 0 aliphatic heterocycles. The van der Waals surface area contributed by atoms with Gasteiger partial charge >= 0.3 is 11.9 Å². The smallest absolute Gasteiger partial charge is 0.329 e. The lowest BCUT2D eigenvalue weighted by molar-refractivity contribution is -0.148. The lowest BCUT2D eigenvalue weighted by Crippen LogP contribution is -2.53. The van der Waals surface area contributed by atoms with Gasteiger partial charge in [0.1, 0.15) is 11.6 Å². The Hall–Kier alpha value is -1.54. The molecule has 0 fully saturated rings. The average Bonchev–Trinajstić information content (AvgIpc) is 2.53. The number of aliphatic carboxylic acids is 1. The van der Waals surface area contributed by atoms with E-state index in [1.807, 2.05) is 0 Å². The summed E-state index contributed by atoms with van der Waals surface area (Å²) in [7, 11) is 0. The van der Waals surface area contributed by atoms with Crippen molar-refractivity contribution < 1.29 is 29.0 Å². The third kappa shape index (κ3) is 11.1. The van der Waals surface area contributed by atoms with E-state index in [1.165, 1.54) is 13.8 Å². The van der Waals surface area contributed by atoms with Gasteiger partial charge in [-0.05, 0) is 26.2 Å². The molecule has 2 amide bonds. The fourth-order valence-corrected chi connectivity index (χ4v) is 2.52. The number of hydrogen-bond donors (Lipinski definition) is 3. The number of amides is 2. The van der Waals surface area contributed by atoms with Crippen molar-refractivity contribution in [2.45, 2.75) is 58.5 Å². The second-order valence-electron chi connectivity index (χ2n) is 5.34. The van der Waals surface area contributed by atoms with Gasteiger partial charge in [0.25, 0.3) is 0 Å². The molecule has 0 rings (SSSR count). The van der Waals surface area contributed by atoms with E-state index in [-0.39, 0.29) is 24.1 Å². The van der Waals surface area contributed by atoms with Crippen LogP contribution in [0, 0.1) is 0 Å². The Morgan fingerprint density at radius 1 is 1.08 bits per heavy atom. The van der Waals surface area contributed by atoms with Crippen molar-refractivity contribution in [2.24, 2.45) is 0 Å². The van der Waals surface area contributed by atoms with Crippen molar-refractivity contribution in [3.05, 3.63) is 0 Å². The molecule has 0 radical (unpaired) electrons. The van der Waals surface area contributed by atoms with Gasteiger partial charge in [-0.25, -0.2) is 9.59 Å². The monoisotopic (exact) mass is 414 g/mol. The van der Waals surface area contributed by atoms with Gasteiger partial charge in [-0.2, -0.15) is 0 Å². The van der Waals surface area contributed by atoms with Crippen molar-refractivity contribution in [3.63, 3.8) is 0 Å². The number of halogens is 2. The number of carboxylic acid groups (broad SMARTS) is 1. The minimum Gasteiger partial charge on any atom is -0.480 e. The maximum absolute atomic E-state index is 11.2. The number of nitrogens with one attached hydrogen (secondary N) is 2. The SMILES string of the molecule is CCC(CCCl)(NC(C)=O)C(=O)O.CCOC(=O)C(CCCl)NC(C)=O. The van der Waals surface area contributed by atoms with E-state index in [0.717, 1.165) is 0 Å². The molecule has 10 heteroatoms. The van der Waals surface area contributed by atoms with Gasteiger partial charge in [0.2, 0.25) is 11.8 Å². The Bertz CT molecular complexity index is 474. The number of esters is 1. The second-order valence-corrected chi connectivity index (χ2v) is 6.10. The van der Waals surface area contributed by atoms with Crippen LogP contribution in [-0.2, 0) is 23.9 Å². The Morgan fingerprint density at radius 3 is 1.96 bits per heavy atom. The Labute approximate surface area is 163 Å². The first-order valence-electron chi connectivity index (χ1n) is 8.17. The average molecular weight is 415 g/mol. The van der Waals surface area contributed by atoms with Crippen LogP contribution in [0.25, 0.3) is 0 Å². The summed E-state index contributed by atoms with van der Waals surface area (Å²) in [5.41, 5.74) is -1.20. The molecule has 0 aromatic carbocycles. The van der Waals surface area contributed by atoms with Gasteiger partial charge in [-0.1, -0.05) is 6.92 Å². The fourth-order valence-electron chi connectivity index (χ4n) is 1.98.